The van der Waals surface area contributed by atoms with Crippen LogP contribution in [-0.4, -0.2) is 54.9 Å². The summed E-state index contributed by atoms with van der Waals surface area (Å²) in [5, 5.41) is 0. The minimum atomic E-state index is -4.45. The van der Waals surface area contributed by atoms with Crippen molar-refractivity contribution in [1.82, 2.24) is 9.29 Å². The number of ketones is 1. The number of pyridine rings is 1. The van der Waals surface area contributed by atoms with E-state index in [-0.39, 0.29) is 41.5 Å². The zero-order valence-corrected chi connectivity index (χ0v) is 19.7. The second-order valence-electron chi connectivity index (χ2n) is 10.4. The van der Waals surface area contributed by atoms with E-state index in [9.17, 15) is 26.4 Å². The van der Waals surface area contributed by atoms with E-state index in [1.807, 2.05) is 25.7 Å². The van der Waals surface area contributed by atoms with Crippen molar-refractivity contribution in [3.8, 4) is 0 Å². The quantitative estimate of drug-likeness (QED) is 0.667. The molecule has 1 aromatic heterocycles. The SMILES string of the molecule is C[C@H]1CN(S(=O)(=O)C[C@]23CC[C@](C)(CC2=O)C3(C)C)CCN1c1ccc(C(F)(F)F)cn1. The molecule has 0 unspecified atom stereocenters. The van der Waals surface area contributed by atoms with Crippen LogP contribution in [0.2, 0.25) is 0 Å². The van der Waals surface area contributed by atoms with Crippen LogP contribution in [0.3, 0.4) is 0 Å². The number of anilines is 1. The monoisotopic (exact) mass is 473 g/mol. The van der Waals surface area contributed by atoms with Gasteiger partial charge in [0.05, 0.1) is 11.3 Å². The van der Waals surface area contributed by atoms with Gasteiger partial charge in [-0.25, -0.2) is 13.4 Å². The van der Waals surface area contributed by atoms with E-state index in [4.69, 9.17) is 0 Å². The molecule has 178 valence electrons. The van der Waals surface area contributed by atoms with E-state index in [1.54, 1.807) is 0 Å². The fourth-order valence-electron chi connectivity index (χ4n) is 5.99. The van der Waals surface area contributed by atoms with Gasteiger partial charge in [0.25, 0.3) is 0 Å². The molecule has 1 aliphatic heterocycles. The minimum absolute atomic E-state index is 0.0560. The Labute approximate surface area is 187 Å². The van der Waals surface area contributed by atoms with Crippen LogP contribution in [0.4, 0.5) is 19.0 Å². The molecule has 2 saturated carbocycles. The van der Waals surface area contributed by atoms with Crippen LogP contribution >= 0.6 is 0 Å². The van der Waals surface area contributed by atoms with Gasteiger partial charge in [-0.2, -0.15) is 17.5 Å². The van der Waals surface area contributed by atoms with Crippen molar-refractivity contribution < 1.29 is 26.4 Å². The molecule has 2 heterocycles. The molecular weight excluding hydrogens is 443 g/mol. The van der Waals surface area contributed by atoms with E-state index in [1.165, 1.54) is 10.4 Å². The summed E-state index contributed by atoms with van der Waals surface area (Å²) in [5.74, 6) is 0.271. The van der Waals surface area contributed by atoms with E-state index in [0.29, 0.717) is 25.2 Å². The Morgan fingerprint density at radius 1 is 1.16 bits per heavy atom. The Kier molecular flexibility index (Phi) is 5.25. The first kappa shape index (κ1) is 23.5. The highest BCUT2D eigenvalue weighted by atomic mass is 32.2. The summed E-state index contributed by atoms with van der Waals surface area (Å²) in [4.78, 5) is 18.7. The highest BCUT2D eigenvalue weighted by Gasteiger charge is 2.70. The number of fused-ring (bicyclic) bond motifs is 2. The molecule has 1 aromatic rings. The summed E-state index contributed by atoms with van der Waals surface area (Å²) in [6.07, 6.45) is -1.77. The lowest BCUT2D eigenvalue weighted by Gasteiger charge is -2.43. The highest BCUT2D eigenvalue weighted by Crippen LogP contribution is 2.70. The highest BCUT2D eigenvalue weighted by molar-refractivity contribution is 7.89. The number of rotatable bonds is 4. The van der Waals surface area contributed by atoms with Crippen molar-refractivity contribution in [2.45, 2.75) is 59.2 Å². The van der Waals surface area contributed by atoms with Crippen molar-refractivity contribution in [2.75, 3.05) is 30.3 Å². The van der Waals surface area contributed by atoms with Crippen LogP contribution in [-0.2, 0) is 21.0 Å². The van der Waals surface area contributed by atoms with Crippen LogP contribution in [0.1, 0.15) is 52.5 Å². The molecule has 3 aliphatic rings. The Balaban J connectivity index is 1.49. The van der Waals surface area contributed by atoms with Gasteiger partial charge in [-0.1, -0.05) is 20.8 Å². The topological polar surface area (TPSA) is 70.6 Å². The summed E-state index contributed by atoms with van der Waals surface area (Å²) in [5.41, 5.74) is -2.22. The summed E-state index contributed by atoms with van der Waals surface area (Å²) >= 11 is 0. The lowest BCUT2D eigenvalue weighted by atomic mass is 9.66. The van der Waals surface area contributed by atoms with Gasteiger partial charge in [0.15, 0.2) is 0 Å². The molecule has 2 aliphatic carbocycles. The van der Waals surface area contributed by atoms with Gasteiger partial charge in [-0.05, 0) is 42.7 Å². The molecule has 4 rings (SSSR count). The molecule has 3 atom stereocenters. The fourth-order valence-corrected chi connectivity index (χ4v) is 8.26. The molecule has 3 fully saturated rings. The third kappa shape index (κ3) is 3.36. The number of piperazine rings is 1. The Morgan fingerprint density at radius 3 is 2.31 bits per heavy atom. The number of alkyl halides is 3. The predicted octanol–water partition coefficient (Wildman–Crippen LogP) is 3.73. The Morgan fingerprint density at radius 2 is 1.84 bits per heavy atom. The maximum atomic E-state index is 13.4. The molecule has 1 saturated heterocycles. The second kappa shape index (κ2) is 7.16. The smallest absolute Gasteiger partial charge is 0.351 e. The first-order chi connectivity index (χ1) is 14.6. The molecule has 0 aromatic carbocycles. The third-order valence-electron chi connectivity index (χ3n) is 8.68. The number of hydrogen-bond acceptors (Lipinski definition) is 5. The number of hydrogen-bond donors (Lipinski definition) is 0. The van der Waals surface area contributed by atoms with E-state index in [0.717, 1.165) is 18.7 Å². The standard InChI is InChI=1S/C22H30F3N3O3S/c1-15-13-27(9-10-28(15)18-6-5-16(12-26-18)22(23,24)25)32(30,31)14-21-8-7-20(4,11-17(21)29)19(21,2)3/h5-6,12,15H,7-11,13-14H2,1-4H3/t15-,20+,21+/m0/s1. The fraction of sp³-hybridized carbons (Fsp3) is 0.727. The number of aromatic nitrogens is 1. The lowest BCUT2D eigenvalue weighted by molar-refractivity contribution is -0.137. The number of carbonyl (C=O) groups excluding carboxylic acids is 1. The van der Waals surface area contributed by atoms with Gasteiger partial charge in [0, 0.05) is 43.7 Å². The summed E-state index contributed by atoms with van der Waals surface area (Å²) in [7, 11) is -3.69. The maximum absolute atomic E-state index is 13.4. The summed E-state index contributed by atoms with van der Waals surface area (Å²) in [6.45, 7) is 8.69. The molecule has 0 spiro atoms. The van der Waals surface area contributed by atoms with Crippen molar-refractivity contribution in [3.05, 3.63) is 23.9 Å². The van der Waals surface area contributed by atoms with Crippen molar-refractivity contribution in [2.24, 2.45) is 16.2 Å². The van der Waals surface area contributed by atoms with Gasteiger partial charge in [0.2, 0.25) is 10.0 Å². The zero-order chi connectivity index (χ0) is 23.7. The number of Topliss-reactive ketones (excluding diaryl/α,β-unsaturated/α-hetero) is 1. The first-order valence-corrected chi connectivity index (χ1v) is 12.5. The third-order valence-corrected chi connectivity index (χ3v) is 10.7. The largest absolute Gasteiger partial charge is 0.417 e. The van der Waals surface area contributed by atoms with Crippen molar-refractivity contribution in [1.29, 1.82) is 0 Å². The van der Waals surface area contributed by atoms with Gasteiger partial charge < -0.3 is 4.90 Å². The van der Waals surface area contributed by atoms with Crippen LogP contribution in [0.25, 0.3) is 0 Å². The van der Waals surface area contributed by atoms with Crippen LogP contribution in [0.15, 0.2) is 18.3 Å². The van der Waals surface area contributed by atoms with Gasteiger partial charge in [0.1, 0.15) is 11.6 Å². The molecule has 0 amide bonds. The number of sulfonamides is 1. The average Bonchev–Trinajstić information content (AvgIpc) is 2.96. The van der Waals surface area contributed by atoms with E-state index in [2.05, 4.69) is 11.9 Å². The normalized spacial score (nSPS) is 33.2. The Bertz CT molecular complexity index is 1030. The summed E-state index contributed by atoms with van der Waals surface area (Å²) < 4.78 is 66.7. The molecule has 0 radical (unpaired) electrons. The molecule has 10 heteroatoms. The van der Waals surface area contributed by atoms with E-state index >= 15 is 0 Å². The van der Waals surface area contributed by atoms with E-state index < -0.39 is 27.2 Å². The average molecular weight is 474 g/mol. The van der Waals surface area contributed by atoms with Crippen molar-refractivity contribution in [3.63, 3.8) is 0 Å². The second-order valence-corrected chi connectivity index (χ2v) is 12.4. The van der Waals surface area contributed by atoms with Gasteiger partial charge in [-0.15, -0.1) is 0 Å². The molecule has 32 heavy (non-hydrogen) atoms. The molecule has 6 nitrogen and oxygen atoms in total. The summed E-state index contributed by atoms with van der Waals surface area (Å²) in [6, 6.07) is 2.05. The van der Waals surface area contributed by atoms with Crippen LogP contribution in [0.5, 0.6) is 0 Å². The Hall–Kier alpha value is -1.68. The van der Waals surface area contributed by atoms with Gasteiger partial charge >= 0.3 is 6.18 Å². The molecule has 0 N–H and O–H groups in total. The minimum Gasteiger partial charge on any atom is -0.351 e. The maximum Gasteiger partial charge on any atom is 0.417 e. The number of halogens is 3. The molecular formula is C22H30F3N3O3S. The van der Waals surface area contributed by atoms with Crippen molar-refractivity contribution >= 4 is 21.6 Å². The zero-order valence-electron chi connectivity index (χ0n) is 18.9. The number of carbonyl (C=O) groups is 1. The molecule has 2 bridgehead atoms. The van der Waals surface area contributed by atoms with Crippen LogP contribution in [0, 0.1) is 16.2 Å². The first-order valence-electron chi connectivity index (χ1n) is 10.9. The van der Waals surface area contributed by atoms with Gasteiger partial charge in [-0.3, -0.25) is 4.79 Å². The van der Waals surface area contributed by atoms with Crippen LogP contribution < -0.4 is 4.90 Å². The lowest BCUT2D eigenvalue weighted by Crippen LogP contribution is -2.56. The number of nitrogens with zero attached hydrogens (tertiary/aromatic N) is 3. The predicted molar refractivity (Wildman–Crippen MR) is 115 cm³/mol.